The number of alkyl halides is 2. The number of hydrogen-bond acceptors (Lipinski definition) is 0. The van der Waals surface area contributed by atoms with Crippen LogP contribution in [0.4, 0.5) is 39.5 Å². The van der Waals surface area contributed by atoms with Crippen LogP contribution in [0, 0.1) is 35.5 Å². The van der Waals surface area contributed by atoms with E-state index in [9.17, 15) is 39.5 Å². The van der Waals surface area contributed by atoms with E-state index in [2.05, 4.69) is 0 Å². The van der Waals surface area contributed by atoms with Crippen molar-refractivity contribution in [2.24, 2.45) is 0 Å². The Bertz CT molecular complexity index is 422. The maximum atomic E-state index is 12.7. The van der Waals surface area contributed by atoms with Crippen LogP contribution in [0.5, 0.6) is 0 Å². The van der Waals surface area contributed by atoms with Gasteiger partial charge in [0.1, 0.15) is 5.56 Å². The molecule has 1 radical (unpaired) electrons. The van der Waals surface area contributed by atoms with Gasteiger partial charge in [-0.2, -0.15) is 17.6 Å². The van der Waals surface area contributed by atoms with Gasteiger partial charge in [-0.05, 0) is 0 Å². The quantitative estimate of drug-likeness (QED) is 0.433. The summed E-state index contributed by atoms with van der Waals surface area (Å²) in [5, 5.41) is 0. The topological polar surface area (TPSA) is 0 Å². The van der Waals surface area contributed by atoms with Crippen LogP contribution in [0.1, 0.15) is 5.56 Å². The summed E-state index contributed by atoms with van der Waals surface area (Å²) in [6.07, 6.45) is -3.79. The normalized spacial score (nSPS) is 12.4. The number of hydrogen-bond donors (Lipinski definition) is 0. The summed E-state index contributed by atoms with van der Waals surface area (Å²) in [5.74, 6) is -19.7. The fourth-order valence-corrected chi connectivity index (χ4v) is 0.975. The van der Waals surface area contributed by atoms with Crippen LogP contribution < -0.4 is 0 Å². The van der Waals surface area contributed by atoms with Crippen LogP contribution in [0.3, 0.4) is 0 Å². The van der Waals surface area contributed by atoms with Gasteiger partial charge in [-0.1, -0.05) is 0 Å². The summed E-state index contributed by atoms with van der Waals surface area (Å²) in [7, 11) is 0. The highest BCUT2D eigenvalue weighted by atomic mass is 19.3. The van der Waals surface area contributed by atoms with Crippen molar-refractivity contribution in [1.29, 1.82) is 0 Å². The molecule has 1 aromatic rings. The molecule has 0 nitrogen and oxygen atoms in total. The van der Waals surface area contributed by atoms with Gasteiger partial charge in [0, 0.05) is 0 Å². The molecule has 0 N–H and O–H groups in total. The van der Waals surface area contributed by atoms with Gasteiger partial charge in [-0.25, -0.2) is 22.0 Å². The molecule has 17 heavy (non-hydrogen) atoms. The summed E-state index contributed by atoms with van der Waals surface area (Å²) in [5.41, 5.74) is -2.88. The zero-order valence-electron chi connectivity index (χ0n) is 7.40. The van der Waals surface area contributed by atoms with Gasteiger partial charge in [0.05, 0.1) is 0 Å². The summed E-state index contributed by atoms with van der Waals surface area (Å²) >= 11 is 0. The zero-order chi connectivity index (χ0) is 13.5. The molecular weight excluding hydrogens is 267 g/mol. The van der Waals surface area contributed by atoms with Crippen LogP contribution in [-0.2, 0) is 5.92 Å². The lowest BCUT2D eigenvalue weighted by Crippen LogP contribution is -2.24. The molecule has 0 aliphatic carbocycles. The molecular formula is C8F9. The van der Waals surface area contributed by atoms with E-state index in [-0.39, 0.29) is 0 Å². The van der Waals surface area contributed by atoms with Gasteiger partial charge in [0.25, 0.3) is 0 Å². The van der Waals surface area contributed by atoms with E-state index in [1.165, 1.54) is 0 Å². The van der Waals surface area contributed by atoms with Crippen molar-refractivity contribution in [3.8, 4) is 0 Å². The van der Waals surface area contributed by atoms with Crippen molar-refractivity contribution in [2.45, 2.75) is 5.92 Å². The third-order valence-corrected chi connectivity index (χ3v) is 1.76. The molecule has 0 amide bonds. The molecule has 9 heteroatoms. The van der Waals surface area contributed by atoms with Gasteiger partial charge in [-0.15, -0.1) is 0 Å². The van der Waals surface area contributed by atoms with E-state index in [1.54, 1.807) is 0 Å². The molecule has 0 aromatic heterocycles. The maximum absolute atomic E-state index is 12.7. The molecule has 0 saturated heterocycles. The highest BCUT2D eigenvalue weighted by Gasteiger charge is 2.51. The van der Waals surface area contributed by atoms with Crippen LogP contribution in [0.15, 0.2) is 0 Å². The van der Waals surface area contributed by atoms with Crippen LogP contribution in [0.2, 0.25) is 0 Å². The van der Waals surface area contributed by atoms with Crippen molar-refractivity contribution >= 4 is 0 Å². The summed E-state index contributed by atoms with van der Waals surface area (Å²) in [6.45, 7) is 0. The van der Waals surface area contributed by atoms with E-state index in [4.69, 9.17) is 0 Å². The summed E-state index contributed by atoms with van der Waals surface area (Å²) in [4.78, 5) is 0. The second-order valence-corrected chi connectivity index (χ2v) is 2.78. The summed E-state index contributed by atoms with van der Waals surface area (Å²) < 4.78 is 111. The lowest BCUT2D eigenvalue weighted by atomic mass is 10.1. The van der Waals surface area contributed by atoms with E-state index < -0.39 is 47.0 Å². The first-order chi connectivity index (χ1) is 7.62. The smallest absolute Gasteiger partial charge is 0.203 e. The molecule has 1 aromatic carbocycles. The molecule has 0 fully saturated rings. The largest absolute Gasteiger partial charge is 0.383 e. The highest BCUT2D eigenvalue weighted by molar-refractivity contribution is 5.30. The van der Waals surface area contributed by atoms with E-state index in [0.717, 1.165) is 0 Å². The van der Waals surface area contributed by atoms with Crippen molar-refractivity contribution < 1.29 is 39.5 Å². The minimum atomic E-state index is -5.57. The van der Waals surface area contributed by atoms with Gasteiger partial charge in [0.2, 0.25) is 5.82 Å². The molecule has 0 unspecified atom stereocenters. The Morgan fingerprint density at radius 3 is 1.24 bits per heavy atom. The average Bonchev–Trinajstić information content (AvgIpc) is 2.23. The average molecular weight is 267 g/mol. The lowest BCUT2D eigenvalue weighted by Gasteiger charge is -2.16. The third-order valence-electron chi connectivity index (χ3n) is 1.76. The first kappa shape index (κ1) is 13.7. The molecule has 0 saturated carbocycles. The number of benzene rings is 1. The molecule has 0 atom stereocenters. The molecule has 1 rings (SSSR count). The second kappa shape index (κ2) is 4.11. The van der Waals surface area contributed by atoms with Crippen molar-refractivity contribution in [2.75, 3.05) is 0 Å². The highest BCUT2D eigenvalue weighted by Crippen LogP contribution is 2.43. The molecule has 0 heterocycles. The third kappa shape index (κ3) is 1.93. The Morgan fingerprint density at radius 2 is 0.941 bits per heavy atom. The fourth-order valence-electron chi connectivity index (χ4n) is 0.975. The lowest BCUT2D eigenvalue weighted by molar-refractivity contribution is -0.0716. The monoisotopic (exact) mass is 267 g/mol. The fraction of sp³-hybridized carbons (Fsp3) is 0.125. The van der Waals surface area contributed by atoms with E-state index >= 15 is 0 Å². The minimum Gasteiger partial charge on any atom is -0.203 e. The number of rotatable bonds is 2. The van der Waals surface area contributed by atoms with Crippen molar-refractivity contribution in [1.82, 2.24) is 0 Å². The molecule has 0 spiro atoms. The van der Waals surface area contributed by atoms with E-state index in [1.807, 2.05) is 0 Å². The molecule has 0 aliphatic rings. The number of halogens is 9. The van der Waals surface area contributed by atoms with Gasteiger partial charge < -0.3 is 0 Å². The van der Waals surface area contributed by atoms with Crippen LogP contribution >= 0.6 is 0 Å². The Labute approximate surface area is 87.7 Å². The molecule has 0 bridgehead atoms. The Kier molecular flexibility index (Phi) is 3.30. The standard InChI is InChI=1S/C8F9/c9-2-1(8(16,17)7(14)15)3(10)5(12)6(13)4(2)11. The van der Waals surface area contributed by atoms with Gasteiger partial charge in [0.15, 0.2) is 23.3 Å². The molecule has 95 valence electrons. The predicted octanol–water partition coefficient (Wildman–Crippen LogP) is 3.90. The molecule has 0 aliphatic heterocycles. The predicted molar refractivity (Wildman–Crippen MR) is 35.6 cm³/mol. The minimum absolute atomic E-state index is 2.71. The second-order valence-electron chi connectivity index (χ2n) is 2.78. The van der Waals surface area contributed by atoms with Crippen molar-refractivity contribution in [3.63, 3.8) is 0 Å². The summed E-state index contributed by atoms with van der Waals surface area (Å²) in [6, 6.07) is 0. The SMILES string of the molecule is F[C](F)C(F)(F)c1c(F)c(F)c(F)c(F)c1F. The maximum Gasteiger partial charge on any atom is 0.383 e. The Balaban J connectivity index is 3.66. The van der Waals surface area contributed by atoms with Gasteiger partial charge in [-0.3, -0.25) is 0 Å². The first-order valence-corrected chi connectivity index (χ1v) is 3.70. The van der Waals surface area contributed by atoms with Gasteiger partial charge >= 0.3 is 12.3 Å². The first-order valence-electron chi connectivity index (χ1n) is 3.70. The van der Waals surface area contributed by atoms with E-state index in [0.29, 0.717) is 0 Å². The van der Waals surface area contributed by atoms with Crippen LogP contribution in [0.25, 0.3) is 0 Å². The van der Waals surface area contributed by atoms with Crippen molar-refractivity contribution in [3.05, 3.63) is 41.1 Å². The van der Waals surface area contributed by atoms with Crippen LogP contribution in [-0.4, -0.2) is 0 Å². The Morgan fingerprint density at radius 1 is 0.647 bits per heavy atom. The zero-order valence-corrected chi connectivity index (χ0v) is 7.40. The Hall–Kier alpha value is -1.41.